The van der Waals surface area contributed by atoms with E-state index in [2.05, 4.69) is 20.6 Å². The van der Waals surface area contributed by atoms with E-state index in [1.165, 1.54) is 28.4 Å². The fourth-order valence-electron chi connectivity index (χ4n) is 4.41. The number of amides is 3. The third-order valence-corrected chi connectivity index (χ3v) is 7.66. The molecule has 1 unspecified atom stereocenters. The van der Waals surface area contributed by atoms with E-state index in [4.69, 9.17) is 16.3 Å². The van der Waals surface area contributed by atoms with E-state index in [1.807, 2.05) is 0 Å². The minimum Gasteiger partial charge on any atom is -0.496 e. The first-order valence-electron chi connectivity index (χ1n) is 12.4. The zero-order valence-electron chi connectivity index (χ0n) is 21.7. The smallest absolute Gasteiger partial charge is 0.421 e. The van der Waals surface area contributed by atoms with Gasteiger partial charge in [0.15, 0.2) is 0 Å². The predicted octanol–water partition coefficient (Wildman–Crippen LogP) is 5.68. The van der Waals surface area contributed by atoms with Crippen LogP contribution in [-0.4, -0.2) is 45.7 Å². The highest BCUT2D eigenvalue weighted by Gasteiger charge is 2.37. The van der Waals surface area contributed by atoms with Crippen molar-refractivity contribution in [3.63, 3.8) is 0 Å². The molecule has 1 aliphatic heterocycles. The normalized spacial score (nSPS) is 15.1. The number of rotatable bonds is 7. The Morgan fingerprint density at radius 2 is 1.98 bits per heavy atom. The summed E-state index contributed by atoms with van der Waals surface area (Å²) in [5.74, 6) is -2.11. The number of methoxy groups -OCH3 is 1. The Balaban J connectivity index is 1.38. The van der Waals surface area contributed by atoms with E-state index in [1.54, 1.807) is 41.9 Å². The molecular formula is C28H21ClF3N5O4S. The SMILES string of the molecule is COc1cc(NC(=O)c2ccc(CN3C(=O)c4sccc4NC(=O)C3Cc3ccccn3)cc2Cl)ncc1C(F)(F)F. The zero-order chi connectivity index (χ0) is 30.0. The van der Waals surface area contributed by atoms with Crippen molar-refractivity contribution in [2.45, 2.75) is 25.2 Å². The predicted molar refractivity (Wildman–Crippen MR) is 150 cm³/mol. The highest BCUT2D eigenvalue weighted by atomic mass is 35.5. The van der Waals surface area contributed by atoms with Crippen LogP contribution >= 0.6 is 22.9 Å². The molecular weight excluding hydrogens is 595 g/mol. The van der Waals surface area contributed by atoms with Gasteiger partial charge in [0.1, 0.15) is 28.0 Å². The van der Waals surface area contributed by atoms with Crippen LogP contribution in [0.25, 0.3) is 0 Å². The summed E-state index contributed by atoms with van der Waals surface area (Å²) in [5, 5.41) is 6.97. The zero-order valence-corrected chi connectivity index (χ0v) is 23.3. The van der Waals surface area contributed by atoms with Crippen LogP contribution in [0.3, 0.4) is 0 Å². The Kier molecular flexibility index (Phi) is 8.14. The molecule has 0 radical (unpaired) electrons. The summed E-state index contributed by atoms with van der Waals surface area (Å²) >= 11 is 7.64. The second-order valence-electron chi connectivity index (χ2n) is 9.16. The van der Waals surface area contributed by atoms with Crippen LogP contribution in [0.5, 0.6) is 5.75 Å². The Morgan fingerprint density at radius 3 is 2.67 bits per heavy atom. The van der Waals surface area contributed by atoms with Gasteiger partial charge in [0.2, 0.25) is 5.91 Å². The molecule has 0 saturated carbocycles. The number of nitrogens with one attached hydrogen (secondary N) is 2. The molecule has 4 heterocycles. The number of pyridine rings is 2. The summed E-state index contributed by atoms with van der Waals surface area (Å²) in [6.45, 7) is 0.000369. The van der Waals surface area contributed by atoms with Crippen LogP contribution in [0.4, 0.5) is 24.7 Å². The van der Waals surface area contributed by atoms with Crippen molar-refractivity contribution in [3.8, 4) is 5.75 Å². The molecule has 14 heteroatoms. The summed E-state index contributed by atoms with van der Waals surface area (Å²) in [6, 6.07) is 11.5. The number of nitrogens with zero attached hydrogens (tertiary/aromatic N) is 3. The number of benzene rings is 1. The summed E-state index contributed by atoms with van der Waals surface area (Å²) < 4.78 is 44.2. The average Bonchev–Trinajstić information content (AvgIpc) is 3.39. The molecule has 216 valence electrons. The maximum Gasteiger partial charge on any atom is 0.421 e. The van der Waals surface area contributed by atoms with Crippen LogP contribution < -0.4 is 15.4 Å². The molecule has 1 aliphatic rings. The van der Waals surface area contributed by atoms with Crippen molar-refractivity contribution in [1.82, 2.24) is 14.9 Å². The number of carbonyl (C=O) groups is 3. The van der Waals surface area contributed by atoms with Gasteiger partial charge in [0.05, 0.1) is 23.4 Å². The standard InChI is InChI=1S/C28H21ClF3N5O4S/c1-41-22-12-23(34-13-18(22)28(30,31)32)36-25(38)17-6-5-15(10-19(17)29)14-37-21(11-16-4-2-3-8-33-16)26(39)35-20-7-9-42-24(20)27(37)40/h2-10,12-13,21H,11,14H2,1H3,(H,35,39)(H,34,36,38). The van der Waals surface area contributed by atoms with Crippen molar-refractivity contribution in [1.29, 1.82) is 0 Å². The maximum absolute atomic E-state index is 13.6. The van der Waals surface area contributed by atoms with Crippen molar-refractivity contribution in [3.05, 3.63) is 98.6 Å². The highest BCUT2D eigenvalue weighted by Crippen LogP contribution is 2.37. The molecule has 1 aromatic carbocycles. The van der Waals surface area contributed by atoms with Gasteiger partial charge in [-0.15, -0.1) is 11.3 Å². The molecule has 0 spiro atoms. The second-order valence-corrected chi connectivity index (χ2v) is 10.5. The first-order chi connectivity index (χ1) is 20.0. The van der Waals surface area contributed by atoms with Crippen LogP contribution in [0.2, 0.25) is 5.02 Å². The molecule has 0 aliphatic carbocycles. The Morgan fingerprint density at radius 1 is 1.17 bits per heavy atom. The Hall–Kier alpha value is -4.49. The number of hydrogen-bond donors (Lipinski definition) is 2. The van der Waals surface area contributed by atoms with Gasteiger partial charge in [-0.25, -0.2) is 4.98 Å². The lowest BCUT2D eigenvalue weighted by Crippen LogP contribution is -2.46. The van der Waals surface area contributed by atoms with Crippen LogP contribution in [-0.2, 0) is 23.9 Å². The third-order valence-electron chi connectivity index (χ3n) is 6.45. The first-order valence-corrected chi connectivity index (χ1v) is 13.6. The van der Waals surface area contributed by atoms with E-state index in [-0.39, 0.29) is 41.2 Å². The number of halogens is 4. The molecule has 5 rings (SSSR count). The van der Waals surface area contributed by atoms with Crippen LogP contribution in [0.15, 0.2) is 66.3 Å². The van der Waals surface area contributed by atoms with Crippen LogP contribution in [0, 0.1) is 0 Å². The average molecular weight is 616 g/mol. The topological polar surface area (TPSA) is 114 Å². The molecule has 9 nitrogen and oxygen atoms in total. The lowest BCUT2D eigenvalue weighted by molar-refractivity contribution is -0.139. The molecule has 4 aromatic rings. The molecule has 42 heavy (non-hydrogen) atoms. The van der Waals surface area contributed by atoms with Crippen molar-refractivity contribution < 1.29 is 32.3 Å². The molecule has 3 aromatic heterocycles. The van der Waals surface area contributed by atoms with Gasteiger partial charge in [0.25, 0.3) is 11.8 Å². The highest BCUT2D eigenvalue weighted by molar-refractivity contribution is 7.12. The number of alkyl halides is 3. The number of ether oxygens (including phenoxy) is 1. The molecule has 0 bridgehead atoms. The molecule has 1 atom stereocenters. The van der Waals surface area contributed by atoms with Gasteiger partial charge in [-0.1, -0.05) is 23.7 Å². The Bertz CT molecular complexity index is 1660. The lowest BCUT2D eigenvalue weighted by atomic mass is 10.1. The number of hydrogen-bond acceptors (Lipinski definition) is 7. The van der Waals surface area contributed by atoms with Gasteiger partial charge >= 0.3 is 6.18 Å². The Labute approximate surface area is 246 Å². The second kappa shape index (κ2) is 11.8. The van der Waals surface area contributed by atoms with E-state index in [0.717, 1.165) is 13.2 Å². The molecule has 0 saturated heterocycles. The summed E-state index contributed by atoms with van der Waals surface area (Å²) in [6.07, 6.45) is -2.34. The van der Waals surface area contributed by atoms with Gasteiger partial charge in [-0.05, 0) is 41.3 Å². The summed E-state index contributed by atoms with van der Waals surface area (Å²) in [5.41, 5.74) is 0.532. The minimum absolute atomic E-state index is 0.000369. The minimum atomic E-state index is -4.68. The maximum atomic E-state index is 13.6. The summed E-state index contributed by atoms with van der Waals surface area (Å²) in [7, 11) is 1.07. The fraction of sp³-hybridized carbons (Fsp3) is 0.179. The fourth-order valence-corrected chi connectivity index (χ4v) is 5.51. The first kappa shape index (κ1) is 29.0. The van der Waals surface area contributed by atoms with Gasteiger partial charge in [0, 0.05) is 37.1 Å². The number of aromatic nitrogens is 2. The lowest BCUT2D eigenvalue weighted by Gasteiger charge is -2.28. The molecule has 2 N–H and O–H groups in total. The van der Waals surface area contributed by atoms with E-state index < -0.39 is 29.4 Å². The monoisotopic (exact) mass is 615 g/mol. The molecule has 3 amide bonds. The van der Waals surface area contributed by atoms with Gasteiger partial charge in [-0.2, -0.15) is 13.2 Å². The number of thiophene rings is 1. The van der Waals surface area contributed by atoms with Gasteiger partial charge < -0.3 is 20.3 Å². The van der Waals surface area contributed by atoms with Crippen LogP contribution in [0.1, 0.15) is 36.9 Å². The van der Waals surface area contributed by atoms with E-state index in [9.17, 15) is 27.6 Å². The number of carbonyl (C=O) groups excluding carboxylic acids is 3. The van der Waals surface area contributed by atoms with Crippen molar-refractivity contribution in [2.24, 2.45) is 0 Å². The largest absolute Gasteiger partial charge is 0.496 e. The number of anilines is 2. The summed E-state index contributed by atoms with van der Waals surface area (Å²) in [4.78, 5) is 49.5. The van der Waals surface area contributed by atoms with Crippen molar-refractivity contribution >= 4 is 52.2 Å². The third kappa shape index (κ3) is 6.06. The molecule has 0 fully saturated rings. The van der Waals surface area contributed by atoms with E-state index in [0.29, 0.717) is 28.0 Å². The quantitative estimate of drug-likeness (QED) is 0.277. The number of fused-ring (bicyclic) bond motifs is 1. The van der Waals surface area contributed by atoms with E-state index >= 15 is 0 Å². The van der Waals surface area contributed by atoms with Crippen molar-refractivity contribution in [2.75, 3.05) is 17.7 Å². The van der Waals surface area contributed by atoms with Gasteiger partial charge in [-0.3, -0.25) is 19.4 Å².